The van der Waals surface area contributed by atoms with Crippen molar-refractivity contribution in [2.75, 3.05) is 138 Å². The van der Waals surface area contributed by atoms with Crippen LogP contribution in [0.1, 0.15) is 179 Å². The van der Waals surface area contributed by atoms with Crippen LogP contribution in [0.3, 0.4) is 0 Å². The van der Waals surface area contributed by atoms with E-state index < -0.39 is 244 Å². The Kier molecular flexibility index (Phi) is 57.2. The van der Waals surface area contributed by atoms with Crippen LogP contribution in [0.2, 0.25) is 0 Å². The van der Waals surface area contributed by atoms with Crippen molar-refractivity contribution in [1.82, 2.24) is 37.2 Å². The van der Waals surface area contributed by atoms with E-state index in [-0.39, 0.29) is 148 Å². The van der Waals surface area contributed by atoms with Gasteiger partial charge in [0.2, 0.25) is 29.4 Å². The van der Waals surface area contributed by atoms with Crippen molar-refractivity contribution in [3.8, 4) is 0 Å². The summed E-state index contributed by atoms with van der Waals surface area (Å²) in [5, 5.41) is 29.7. The smallest absolute Gasteiger partial charge is 0.380 e. The number of hydrogen-bond donors (Lipinski definition) is 8. The van der Waals surface area contributed by atoms with Crippen LogP contribution in [0.15, 0.2) is 0 Å². The van der Waals surface area contributed by atoms with Gasteiger partial charge in [-0.2, -0.15) is 0 Å². The second-order valence-corrected chi connectivity index (χ2v) is 30.8. The molecule has 49 nitrogen and oxygen atoms in total. The summed E-state index contributed by atoms with van der Waals surface area (Å²) >= 11 is 0. The second-order valence-electron chi connectivity index (χ2n) is 30.8. The molecule has 0 spiro atoms. The molecule has 3 heterocycles. The first-order chi connectivity index (χ1) is 63.1. The Labute approximate surface area is 768 Å². The number of carboxylic acids is 1. The second kappa shape index (κ2) is 65.2. The van der Waals surface area contributed by atoms with Crippen molar-refractivity contribution in [3.05, 3.63) is 0 Å². The molecule has 0 radical (unpaired) electrons. The number of nitrogens with one attached hydrogen (secondary N) is 7. The van der Waals surface area contributed by atoms with Gasteiger partial charge in [0, 0.05) is 161 Å². The zero-order valence-corrected chi connectivity index (χ0v) is 77.3. The highest BCUT2D eigenvalue weighted by Gasteiger charge is 2.56. The molecule has 0 bridgehead atoms. The Balaban J connectivity index is 1.61. The van der Waals surface area contributed by atoms with Gasteiger partial charge in [-0.25, -0.2) is 4.79 Å². The van der Waals surface area contributed by atoms with E-state index in [0.717, 1.165) is 89.5 Å². The number of rotatable bonds is 68. The fourth-order valence-electron chi connectivity index (χ4n) is 13.2. The molecule has 754 valence electrons. The van der Waals surface area contributed by atoms with Crippen molar-refractivity contribution < 1.29 is 200 Å². The number of hydrogen-bond acceptors (Lipinski definition) is 44. The average Bonchev–Trinajstić information content (AvgIpc) is 0.794. The van der Waals surface area contributed by atoms with Crippen LogP contribution >= 0.6 is 0 Å². The molecule has 15 atom stereocenters. The molecule has 0 aliphatic carbocycles. The number of carbonyl (C=O) groups is 20. The van der Waals surface area contributed by atoms with Crippen LogP contribution in [-0.2, 0) is 195 Å². The quantitative estimate of drug-likeness (QED) is 0.0107. The van der Waals surface area contributed by atoms with E-state index in [9.17, 15) is 101 Å². The van der Waals surface area contributed by atoms with E-state index in [0.29, 0.717) is 51.9 Å². The third kappa shape index (κ3) is 49.9. The third-order valence-corrected chi connectivity index (χ3v) is 19.0. The fourth-order valence-corrected chi connectivity index (χ4v) is 13.2. The highest BCUT2D eigenvalue weighted by molar-refractivity contribution is 6.77. The van der Waals surface area contributed by atoms with E-state index in [1.54, 1.807) is 0 Å². The van der Waals surface area contributed by atoms with Crippen LogP contribution in [0, 0.1) is 0 Å². The maximum Gasteiger partial charge on any atom is 0.380 e. The lowest BCUT2D eigenvalue weighted by molar-refractivity contribution is -0.308. The van der Waals surface area contributed by atoms with Crippen molar-refractivity contribution in [1.29, 1.82) is 0 Å². The molecule has 3 saturated heterocycles. The molecule has 49 heteroatoms. The van der Waals surface area contributed by atoms with E-state index in [1.807, 2.05) is 0 Å². The van der Waals surface area contributed by atoms with Crippen LogP contribution in [0.5, 0.6) is 0 Å². The first-order valence-electron chi connectivity index (χ1n) is 43.7. The molecule has 8 N–H and O–H groups in total. The van der Waals surface area contributed by atoms with Gasteiger partial charge in [-0.15, -0.1) is 0 Å². The molecule has 3 aliphatic rings. The zero-order valence-electron chi connectivity index (χ0n) is 77.3. The number of esters is 12. The van der Waals surface area contributed by atoms with Crippen molar-refractivity contribution in [3.63, 3.8) is 0 Å². The minimum Gasteiger partial charge on any atom is -0.475 e. The van der Waals surface area contributed by atoms with Gasteiger partial charge < -0.3 is 136 Å². The molecule has 0 aromatic carbocycles. The average molecular weight is 1910 g/mol. The van der Waals surface area contributed by atoms with Gasteiger partial charge in [0.25, 0.3) is 5.78 Å². The van der Waals surface area contributed by atoms with E-state index in [2.05, 4.69) is 37.2 Å². The molecule has 133 heavy (non-hydrogen) atoms. The van der Waals surface area contributed by atoms with E-state index >= 15 is 0 Å². The maximum atomic E-state index is 13.1. The Morgan fingerprint density at radius 3 is 0.872 bits per heavy atom. The first-order valence-corrected chi connectivity index (χ1v) is 43.7. The SMILES string of the molecule is CC(=O)OC[C@H]1O[C@H](OCCCCCNCCCNCCCOCC(COCCC(=O)NCCCNC(=O)CCCCO[C@H]2O[C@H](COC(C)=O)[C@@H](OC(C)=O)[C@H](OC(C)=O)[C@@H]2OC(C)=O)(COCCC(=O)NCCCNC(=O)CCCCO[C@H]2O[C@H](COC(C)=O)[C@@H](OC(C)=O)[C@H](OC(C)=O)[C@@H]2OC(C)=O)NCC(=O)C(=O)C(=O)C(=O)O)[C@@H](OC(C)=O)[C@@H](OC(C)=O)[C@@H]1OC(C)=O. The predicted molar refractivity (Wildman–Crippen MR) is 447 cm³/mol. The fraction of sp³-hybridized carbons (Fsp3) is 0.762. The summed E-state index contributed by atoms with van der Waals surface area (Å²) in [6, 6.07) is 0. The molecular weight excluding hydrogens is 1780 g/mol. The van der Waals surface area contributed by atoms with Crippen molar-refractivity contribution >= 4 is 119 Å². The molecule has 0 aromatic heterocycles. The first kappa shape index (κ1) is 117. The summed E-state index contributed by atoms with van der Waals surface area (Å²) < 4.78 is 118. The van der Waals surface area contributed by atoms with Gasteiger partial charge in [0.15, 0.2) is 73.8 Å². The molecule has 3 rings (SSSR count). The van der Waals surface area contributed by atoms with Crippen LogP contribution in [0.4, 0.5) is 0 Å². The standard InChI is InChI=1S/C84H131N7O42/c1-49(92)119-43-62-71(122-52(4)95)74(125-55(7)98)77(128-58(10)101)81(131-62)116-37-17-13-16-28-85-29-20-30-86-31-23-36-113-46-84(91-42-61(104)69(109)70(110)80(111)112,47-114-40-26-67(107)89-34-21-32-87-65(105)24-14-18-38-117-82-78(129-59(11)102)75(126-56(8)99)72(123-53(5)96)63(132-82)44-120-50(2)93)48-115-41-27-68(108)90-35-22-33-88-66(106)25-15-19-39-118-83-79(130-60(12)103)76(127-57(9)100)73(124-54(6)97)64(133-83)45-121-51(3)94/h62-64,71-79,81-83,85-86,91H,13-48H2,1-12H3,(H,87,105)(H,88,106)(H,89,107)(H,90,108)(H,111,112)/t62-,63-,64-,71-,72-,73-,74+,75+,76+,77+,78+,79+,81+,82+,83+/m1/s1. The molecule has 0 saturated carbocycles. The number of ketones is 3. The van der Waals surface area contributed by atoms with Crippen molar-refractivity contribution in [2.24, 2.45) is 0 Å². The molecule has 3 fully saturated rings. The van der Waals surface area contributed by atoms with E-state index in [1.165, 1.54) is 0 Å². The monoisotopic (exact) mass is 1910 g/mol. The summed E-state index contributed by atoms with van der Waals surface area (Å²) in [4.78, 5) is 246. The van der Waals surface area contributed by atoms with Crippen LogP contribution < -0.4 is 37.2 Å². The number of Topliss-reactive ketones (excluding diaryl/α,β-unsaturated/α-hetero) is 3. The van der Waals surface area contributed by atoms with Crippen LogP contribution in [0.25, 0.3) is 0 Å². The Bertz CT molecular complexity index is 3630. The third-order valence-electron chi connectivity index (χ3n) is 19.0. The highest BCUT2D eigenvalue weighted by Crippen LogP contribution is 2.34. The molecule has 0 aromatic rings. The van der Waals surface area contributed by atoms with Gasteiger partial charge >= 0.3 is 83.4 Å². The normalized spacial score (nSPS) is 21.4. The predicted octanol–water partition coefficient (Wildman–Crippen LogP) is -2.05. The molecule has 4 amide bonds. The van der Waals surface area contributed by atoms with Gasteiger partial charge in [0.1, 0.15) is 38.1 Å². The zero-order chi connectivity index (χ0) is 99.0. The number of carbonyl (C=O) groups excluding carboxylic acids is 19. The van der Waals surface area contributed by atoms with Gasteiger partial charge in [-0.1, -0.05) is 0 Å². The minimum atomic E-state index is -2.17. The lowest BCUT2D eigenvalue weighted by atomic mass is 9.98. The number of aliphatic carboxylic acids is 1. The lowest BCUT2D eigenvalue weighted by Gasteiger charge is -2.44. The largest absolute Gasteiger partial charge is 0.475 e. The summed E-state index contributed by atoms with van der Waals surface area (Å²) in [5.74, 6) is -18.4. The summed E-state index contributed by atoms with van der Waals surface area (Å²) in [5.41, 5.74) is -1.59. The number of amides is 4. The van der Waals surface area contributed by atoms with Gasteiger partial charge in [0.05, 0.1) is 45.1 Å². The molecule has 3 aliphatic heterocycles. The number of unbranched alkanes of at least 4 members (excludes halogenated alkanes) is 4. The number of carboxylic acid groups (broad SMARTS) is 1. The van der Waals surface area contributed by atoms with E-state index in [4.69, 9.17) is 99.5 Å². The minimum absolute atomic E-state index is 0.0322. The Morgan fingerprint density at radius 2 is 0.556 bits per heavy atom. The summed E-state index contributed by atoms with van der Waals surface area (Å²) in [7, 11) is 0. The summed E-state index contributed by atoms with van der Waals surface area (Å²) in [6.07, 6.45) is -15.9. The van der Waals surface area contributed by atoms with Gasteiger partial charge in [-0.3, -0.25) is 96.4 Å². The van der Waals surface area contributed by atoms with Gasteiger partial charge in [-0.05, 0) is 96.8 Å². The van der Waals surface area contributed by atoms with Crippen molar-refractivity contribution in [2.45, 2.75) is 277 Å². The Morgan fingerprint density at radius 1 is 0.278 bits per heavy atom. The molecular formula is C84H131N7O42. The number of ether oxygens (including phenoxy) is 21. The molecule has 0 unspecified atom stereocenters. The topological polar surface area (TPSA) is 640 Å². The lowest BCUT2D eigenvalue weighted by Crippen LogP contribution is -2.63. The highest BCUT2D eigenvalue weighted by atomic mass is 16.8. The Hall–Kier alpha value is -10.5. The maximum absolute atomic E-state index is 13.1. The summed E-state index contributed by atoms with van der Waals surface area (Å²) in [6.45, 7) is 12.2. The van der Waals surface area contributed by atoms with Crippen LogP contribution in [-0.4, -0.2) is 360 Å².